The van der Waals surface area contributed by atoms with Crippen LogP contribution in [0.4, 0.5) is 13.2 Å². The Balaban J connectivity index is 0.000000770. The molecule has 2 aliphatic heterocycles. The van der Waals surface area contributed by atoms with Crippen molar-refractivity contribution in [2.24, 2.45) is 23.7 Å². The van der Waals surface area contributed by atoms with Crippen LogP contribution in [0.1, 0.15) is 107 Å². The van der Waals surface area contributed by atoms with Crippen molar-refractivity contribution in [2.45, 2.75) is 135 Å². The summed E-state index contributed by atoms with van der Waals surface area (Å²) in [6.45, 7) is 20.0. The molecule has 0 aromatic heterocycles. The molecule has 10 heteroatoms. The first kappa shape index (κ1) is 42.2. The zero-order chi connectivity index (χ0) is 30.7. The maximum atomic E-state index is 10.7. The Hall–Kier alpha value is 1.18. The molecule has 0 aromatic carbocycles. The zero-order valence-corrected chi connectivity index (χ0v) is 30.7. The van der Waals surface area contributed by atoms with Crippen LogP contribution in [0.5, 0.6) is 0 Å². The summed E-state index contributed by atoms with van der Waals surface area (Å²) >= 11 is 0. The first-order chi connectivity index (χ1) is 18.5. The fourth-order valence-electron chi connectivity index (χ4n) is 6.45. The van der Waals surface area contributed by atoms with Crippen molar-refractivity contribution in [1.29, 1.82) is 0 Å². The van der Waals surface area contributed by atoms with Crippen LogP contribution in [-0.2, 0) is 29.6 Å². The molecular formula is C31H56F3O3P2RhS-. The van der Waals surface area contributed by atoms with Crippen LogP contribution in [0.3, 0.4) is 0 Å². The number of rotatable bonds is 7. The van der Waals surface area contributed by atoms with E-state index in [0.717, 1.165) is 46.3 Å². The third kappa shape index (κ3) is 14.9. The van der Waals surface area contributed by atoms with Gasteiger partial charge in [0.25, 0.3) is 0 Å². The molecule has 3 aliphatic rings. The summed E-state index contributed by atoms with van der Waals surface area (Å²) in [6.07, 6.45) is 23.4. The zero-order valence-electron chi connectivity index (χ0n) is 26.5. The molecule has 245 valence electrons. The average molecular weight is 731 g/mol. The molecule has 0 aromatic rings. The Labute approximate surface area is 267 Å². The van der Waals surface area contributed by atoms with E-state index in [1.165, 1.54) is 51.4 Å². The van der Waals surface area contributed by atoms with Gasteiger partial charge in [0.15, 0.2) is 10.1 Å². The van der Waals surface area contributed by atoms with Crippen LogP contribution in [0.15, 0.2) is 0 Å². The Morgan fingerprint density at radius 3 is 0.976 bits per heavy atom. The fraction of sp³-hybridized carbons (Fsp3) is 0.871. The largest absolute Gasteiger partial charge is 0.741 e. The van der Waals surface area contributed by atoms with Gasteiger partial charge in [-0.3, -0.25) is 0 Å². The minimum atomic E-state index is -6.09. The minimum absolute atomic E-state index is 0. The third-order valence-corrected chi connectivity index (χ3v) is 17.8. The first-order valence-electron chi connectivity index (χ1n) is 15.3. The normalized spacial score (nSPS) is 26.7. The Bertz CT molecular complexity index is 702. The van der Waals surface area contributed by atoms with Crippen molar-refractivity contribution in [1.82, 2.24) is 0 Å². The standard InChI is InChI=1S/C22H44P2.C8H12.CHF3O3S.Rh/c1-15(2)19-9-10-20(16(3)4)23(19)13-14-24-21(17(5)6)11-12-22(24)18(7)8;1-2-4-6-8-7-5-3-1;2-1(3,4)8(5,6)7;/h15-22H,9-14H2,1-8H3;1-2,7-8H,3-6H2;(H,5,6,7);/p-1/t19-,20-,21-,22-;;;/m1.../s1. The monoisotopic (exact) mass is 730 g/mol. The van der Waals surface area contributed by atoms with E-state index < -0.39 is 15.6 Å². The van der Waals surface area contributed by atoms with Crippen LogP contribution >= 0.6 is 15.8 Å². The van der Waals surface area contributed by atoms with E-state index >= 15 is 0 Å². The number of alkyl halides is 3. The van der Waals surface area contributed by atoms with Gasteiger partial charge in [-0.2, -0.15) is 13.2 Å². The average Bonchev–Trinajstić information content (AvgIpc) is 3.41. The molecule has 0 unspecified atom stereocenters. The van der Waals surface area contributed by atoms with Gasteiger partial charge in [0.2, 0.25) is 0 Å². The van der Waals surface area contributed by atoms with Gasteiger partial charge in [-0.15, -0.1) is 0 Å². The van der Waals surface area contributed by atoms with E-state index in [1.54, 1.807) is 12.3 Å². The van der Waals surface area contributed by atoms with Crippen LogP contribution < -0.4 is 0 Å². The van der Waals surface area contributed by atoms with Crippen molar-refractivity contribution in [3.63, 3.8) is 0 Å². The molecule has 3 fully saturated rings. The van der Waals surface area contributed by atoms with E-state index in [0.29, 0.717) is 0 Å². The molecule has 41 heavy (non-hydrogen) atoms. The predicted octanol–water partition coefficient (Wildman–Crippen LogP) is 10.1. The predicted molar refractivity (Wildman–Crippen MR) is 168 cm³/mol. The molecule has 0 bridgehead atoms. The van der Waals surface area contributed by atoms with Crippen LogP contribution in [0.2, 0.25) is 0 Å². The third-order valence-electron chi connectivity index (χ3n) is 8.53. The van der Waals surface area contributed by atoms with Gasteiger partial charge < -0.3 is 4.55 Å². The molecule has 3 rings (SSSR count). The second kappa shape index (κ2) is 20.3. The molecule has 2 saturated heterocycles. The summed E-state index contributed by atoms with van der Waals surface area (Å²) < 4.78 is 58.9. The molecular weight excluding hydrogens is 674 g/mol. The van der Waals surface area contributed by atoms with E-state index in [4.69, 9.17) is 13.0 Å². The summed E-state index contributed by atoms with van der Waals surface area (Å²) in [5.74, 6) is 3.66. The van der Waals surface area contributed by atoms with Gasteiger partial charge in [-0.05, 0) is 136 Å². The molecule has 1 aliphatic carbocycles. The quantitative estimate of drug-likeness (QED) is 0.113. The van der Waals surface area contributed by atoms with E-state index in [-0.39, 0.29) is 35.3 Å². The van der Waals surface area contributed by atoms with Crippen molar-refractivity contribution in [3.8, 4) is 0 Å². The molecule has 1 saturated carbocycles. The topological polar surface area (TPSA) is 57.2 Å². The van der Waals surface area contributed by atoms with Gasteiger partial charge >= 0.3 is 5.51 Å². The smallest absolute Gasteiger partial charge is 0.485 e. The number of hydrogen-bond acceptors (Lipinski definition) is 3. The van der Waals surface area contributed by atoms with Gasteiger partial charge in [0.05, 0.1) is 0 Å². The van der Waals surface area contributed by atoms with Crippen molar-refractivity contribution in [3.05, 3.63) is 25.7 Å². The van der Waals surface area contributed by atoms with Crippen LogP contribution in [0, 0.1) is 49.4 Å². The molecule has 4 atom stereocenters. The second-order valence-corrected chi connectivity index (χ2v) is 19.8. The number of halogens is 3. The van der Waals surface area contributed by atoms with Crippen molar-refractivity contribution >= 4 is 26.0 Å². The summed E-state index contributed by atoms with van der Waals surface area (Å²) in [6, 6.07) is 0. The van der Waals surface area contributed by atoms with E-state index in [1.807, 2.05) is 0 Å². The Morgan fingerprint density at radius 1 is 0.634 bits per heavy atom. The summed E-state index contributed by atoms with van der Waals surface area (Å²) in [5.41, 5.74) is -1.37. The molecule has 0 spiro atoms. The van der Waals surface area contributed by atoms with Gasteiger partial charge in [0.1, 0.15) is 0 Å². The van der Waals surface area contributed by atoms with Crippen LogP contribution in [-0.4, -0.2) is 53.4 Å². The van der Waals surface area contributed by atoms with Crippen molar-refractivity contribution < 1.29 is 45.6 Å². The second-order valence-electron chi connectivity index (χ2n) is 12.9. The maximum absolute atomic E-state index is 10.7. The van der Waals surface area contributed by atoms with Gasteiger partial charge in [-0.1, -0.05) is 71.2 Å². The molecule has 3 nitrogen and oxygen atoms in total. The first-order valence-corrected chi connectivity index (χ1v) is 20.1. The minimum Gasteiger partial charge on any atom is -0.741 e. The SMILES string of the molecule is CC(C)[C@H]1CC[C@H](C(C)C)P1CCP1[C@@H](C(C)C)CC[C@@H]1C(C)C.O=S(=O)([O-])C(F)(F)F.[CH]1[CH]CC[CH][CH]CC1.[Rh]. The molecule has 0 N–H and O–H groups in total. The molecule has 5 radical (unpaired) electrons. The Kier molecular flexibility index (Phi) is 20.9. The summed E-state index contributed by atoms with van der Waals surface area (Å²) in [5, 5.41) is 0. The van der Waals surface area contributed by atoms with E-state index in [9.17, 15) is 13.2 Å². The number of hydrogen-bond donors (Lipinski definition) is 0. The van der Waals surface area contributed by atoms with E-state index in [2.05, 4.69) is 81.1 Å². The fourth-order valence-corrected chi connectivity index (χ4v) is 15.6. The molecule has 0 amide bonds. The summed E-state index contributed by atoms with van der Waals surface area (Å²) in [4.78, 5) is 0. The van der Waals surface area contributed by atoms with Gasteiger partial charge in [0, 0.05) is 19.5 Å². The Morgan fingerprint density at radius 2 is 0.829 bits per heavy atom. The van der Waals surface area contributed by atoms with Crippen LogP contribution in [0.25, 0.3) is 0 Å². The summed E-state index contributed by atoms with van der Waals surface area (Å²) in [7, 11) is -5.55. The van der Waals surface area contributed by atoms with Crippen molar-refractivity contribution in [2.75, 3.05) is 12.3 Å². The van der Waals surface area contributed by atoms with Gasteiger partial charge in [-0.25, -0.2) is 8.42 Å². The maximum Gasteiger partial charge on any atom is 0.485 e. The molecule has 2 heterocycles.